The zero-order valence-electron chi connectivity index (χ0n) is 12.8. The first-order valence-electron chi connectivity index (χ1n) is 7.19. The van der Waals surface area contributed by atoms with Gasteiger partial charge in [0, 0.05) is 18.7 Å². The number of carbonyl (C=O) groups excluding carboxylic acids is 1. The Kier molecular flexibility index (Phi) is 5.63. The number of benzene rings is 2. The number of carbonyl (C=O) groups is 1. The molecule has 0 spiro atoms. The van der Waals surface area contributed by atoms with Crippen molar-refractivity contribution >= 4 is 12.0 Å². The molecule has 0 bridgehead atoms. The van der Waals surface area contributed by atoms with E-state index in [1.165, 1.54) is 13.2 Å². The van der Waals surface area contributed by atoms with Crippen molar-refractivity contribution in [1.29, 1.82) is 0 Å². The van der Waals surface area contributed by atoms with Crippen LogP contribution in [0.4, 0.5) is 0 Å². The molecular formula is C18H19NO4. The molecule has 2 aromatic carbocycles. The molecule has 5 heteroatoms. The van der Waals surface area contributed by atoms with Crippen LogP contribution in [0.1, 0.15) is 11.1 Å². The average molecular weight is 313 g/mol. The molecule has 0 aliphatic heterocycles. The maximum atomic E-state index is 11.8. The lowest BCUT2D eigenvalue weighted by Crippen LogP contribution is -2.23. The summed E-state index contributed by atoms with van der Waals surface area (Å²) in [5.41, 5.74) is 1.74. The van der Waals surface area contributed by atoms with Gasteiger partial charge in [0.2, 0.25) is 5.91 Å². The van der Waals surface area contributed by atoms with Crippen molar-refractivity contribution in [3.63, 3.8) is 0 Å². The number of nitrogens with one attached hydrogen (secondary N) is 1. The SMILES string of the molecule is COc1cc(O)ccc1CCNC(=O)C=Cc1ccc(O)cc1. The van der Waals surface area contributed by atoms with Crippen LogP contribution in [-0.4, -0.2) is 29.8 Å². The van der Waals surface area contributed by atoms with Crippen LogP contribution >= 0.6 is 0 Å². The van der Waals surface area contributed by atoms with Gasteiger partial charge < -0.3 is 20.3 Å². The minimum absolute atomic E-state index is 0.145. The third kappa shape index (κ3) is 5.07. The van der Waals surface area contributed by atoms with E-state index in [-0.39, 0.29) is 17.4 Å². The van der Waals surface area contributed by atoms with E-state index in [4.69, 9.17) is 4.74 Å². The number of phenols is 2. The summed E-state index contributed by atoms with van der Waals surface area (Å²) < 4.78 is 5.19. The summed E-state index contributed by atoms with van der Waals surface area (Å²) in [7, 11) is 1.54. The monoisotopic (exact) mass is 313 g/mol. The summed E-state index contributed by atoms with van der Waals surface area (Å²) in [6, 6.07) is 11.5. The van der Waals surface area contributed by atoms with Gasteiger partial charge in [0.25, 0.3) is 0 Å². The average Bonchev–Trinajstić information content (AvgIpc) is 2.55. The number of amides is 1. The number of ether oxygens (including phenoxy) is 1. The summed E-state index contributed by atoms with van der Waals surface area (Å²) in [6.45, 7) is 0.458. The van der Waals surface area contributed by atoms with Gasteiger partial charge >= 0.3 is 0 Å². The molecule has 0 unspecified atom stereocenters. The molecule has 0 saturated carbocycles. The Labute approximate surface area is 134 Å². The Bertz CT molecular complexity index is 693. The molecular weight excluding hydrogens is 294 g/mol. The highest BCUT2D eigenvalue weighted by Crippen LogP contribution is 2.23. The Morgan fingerprint density at radius 2 is 1.83 bits per heavy atom. The molecule has 2 rings (SSSR count). The van der Waals surface area contributed by atoms with Gasteiger partial charge in [-0.1, -0.05) is 18.2 Å². The first-order valence-corrected chi connectivity index (χ1v) is 7.19. The Balaban J connectivity index is 1.84. The molecule has 1 amide bonds. The molecule has 3 N–H and O–H groups in total. The van der Waals surface area contributed by atoms with Gasteiger partial charge in [-0.05, 0) is 41.8 Å². The van der Waals surface area contributed by atoms with Crippen molar-refractivity contribution in [2.45, 2.75) is 6.42 Å². The van der Waals surface area contributed by atoms with E-state index in [2.05, 4.69) is 5.32 Å². The van der Waals surface area contributed by atoms with E-state index in [1.54, 1.807) is 48.5 Å². The van der Waals surface area contributed by atoms with Gasteiger partial charge in [-0.3, -0.25) is 4.79 Å². The number of aromatic hydroxyl groups is 2. The molecule has 23 heavy (non-hydrogen) atoms. The van der Waals surface area contributed by atoms with Crippen molar-refractivity contribution in [2.75, 3.05) is 13.7 Å². The summed E-state index contributed by atoms with van der Waals surface area (Å²) in [6.07, 6.45) is 3.72. The third-order valence-corrected chi connectivity index (χ3v) is 3.28. The molecule has 120 valence electrons. The van der Waals surface area contributed by atoms with Crippen LogP contribution in [0.2, 0.25) is 0 Å². The number of hydrogen-bond donors (Lipinski definition) is 3. The van der Waals surface area contributed by atoms with E-state index in [0.29, 0.717) is 18.7 Å². The predicted molar refractivity (Wildman–Crippen MR) is 88.5 cm³/mol. The van der Waals surface area contributed by atoms with E-state index < -0.39 is 0 Å². The summed E-state index contributed by atoms with van der Waals surface area (Å²) in [5, 5.41) is 21.4. The molecule has 0 radical (unpaired) electrons. The van der Waals surface area contributed by atoms with Gasteiger partial charge in [0.05, 0.1) is 7.11 Å². The quantitative estimate of drug-likeness (QED) is 0.716. The van der Waals surface area contributed by atoms with Crippen molar-refractivity contribution in [3.05, 3.63) is 59.7 Å². The van der Waals surface area contributed by atoms with Crippen LogP contribution in [0.25, 0.3) is 6.08 Å². The first-order chi connectivity index (χ1) is 11.1. The molecule has 0 atom stereocenters. The molecule has 5 nitrogen and oxygen atoms in total. The molecule has 0 aliphatic carbocycles. The molecule has 0 heterocycles. The van der Waals surface area contributed by atoms with Crippen LogP contribution < -0.4 is 10.1 Å². The highest BCUT2D eigenvalue weighted by atomic mass is 16.5. The van der Waals surface area contributed by atoms with Crippen LogP contribution in [0.15, 0.2) is 48.5 Å². The molecule has 0 saturated heterocycles. The predicted octanol–water partition coefficient (Wildman–Crippen LogP) is 2.48. The second-order valence-electron chi connectivity index (χ2n) is 4.96. The van der Waals surface area contributed by atoms with Gasteiger partial charge in [0.15, 0.2) is 0 Å². The first kappa shape index (κ1) is 16.4. The normalized spacial score (nSPS) is 10.7. The molecule has 0 aliphatic rings. The van der Waals surface area contributed by atoms with E-state index in [1.807, 2.05) is 0 Å². The summed E-state index contributed by atoms with van der Waals surface area (Å²) >= 11 is 0. The van der Waals surface area contributed by atoms with Crippen LogP contribution in [0, 0.1) is 0 Å². The molecule has 2 aromatic rings. The highest BCUT2D eigenvalue weighted by Gasteiger charge is 2.04. The lowest BCUT2D eigenvalue weighted by Gasteiger charge is -2.09. The zero-order chi connectivity index (χ0) is 16.7. The lowest BCUT2D eigenvalue weighted by molar-refractivity contribution is -0.116. The Morgan fingerprint density at radius 3 is 2.52 bits per heavy atom. The Morgan fingerprint density at radius 1 is 1.13 bits per heavy atom. The molecule has 0 fully saturated rings. The fraction of sp³-hybridized carbons (Fsp3) is 0.167. The topological polar surface area (TPSA) is 78.8 Å². The van der Waals surface area contributed by atoms with Crippen molar-refractivity contribution in [3.8, 4) is 17.2 Å². The maximum absolute atomic E-state index is 11.8. The number of hydrogen-bond acceptors (Lipinski definition) is 4. The standard InChI is InChI=1S/C18H19NO4/c1-23-17-12-16(21)8-5-14(17)10-11-19-18(22)9-4-13-2-6-15(20)7-3-13/h2-9,12,20-21H,10-11H2,1H3,(H,19,22). The number of rotatable bonds is 6. The van der Waals surface area contributed by atoms with Crippen LogP contribution in [-0.2, 0) is 11.2 Å². The van der Waals surface area contributed by atoms with E-state index in [9.17, 15) is 15.0 Å². The smallest absolute Gasteiger partial charge is 0.244 e. The maximum Gasteiger partial charge on any atom is 0.244 e. The largest absolute Gasteiger partial charge is 0.508 e. The van der Waals surface area contributed by atoms with Gasteiger partial charge in [-0.25, -0.2) is 0 Å². The fourth-order valence-corrected chi connectivity index (χ4v) is 2.08. The van der Waals surface area contributed by atoms with Gasteiger partial charge in [-0.15, -0.1) is 0 Å². The number of methoxy groups -OCH3 is 1. The Hall–Kier alpha value is -2.95. The highest BCUT2D eigenvalue weighted by molar-refractivity contribution is 5.91. The summed E-state index contributed by atoms with van der Waals surface area (Å²) in [5.74, 6) is 0.732. The second kappa shape index (κ2) is 7.89. The van der Waals surface area contributed by atoms with E-state index in [0.717, 1.165) is 11.1 Å². The second-order valence-corrected chi connectivity index (χ2v) is 4.96. The summed E-state index contributed by atoms with van der Waals surface area (Å²) in [4.78, 5) is 11.8. The van der Waals surface area contributed by atoms with Gasteiger partial charge in [-0.2, -0.15) is 0 Å². The van der Waals surface area contributed by atoms with Crippen molar-refractivity contribution in [2.24, 2.45) is 0 Å². The minimum atomic E-state index is -0.198. The van der Waals surface area contributed by atoms with Crippen LogP contribution in [0.3, 0.4) is 0 Å². The van der Waals surface area contributed by atoms with E-state index >= 15 is 0 Å². The zero-order valence-corrected chi connectivity index (χ0v) is 12.8. The fourth-order valence-electron chi connectivity index (χ4n) is 2.08. The third-order valence-electron chi connectivity index (χ3n) is 3.28. The van der Waals surface area contributed by atoms with Crippen molar-refractivity contribution < 1.29 is 19.7 Å². The lowest BCUT2D eigenvalue weighted by atomic mass is 10.1. The van der Waals surface area contributed by atoms with Crippen molar-refractivity contribution in [1.82, 2.24) is 5.32 Å². The van der Waals surface area contributed by atoms with Crippen LogP contribution in [0.5, 0.6) is 17.2 Å². The van der Waals surface area contributed by atoms with Gasteiger partial charge in [0.1, 0.15) is 17.2 Å². The number of phenolic OH excluding ortho intramolecular Hbond substituents is 2. The molecule has 0 aromatic heterocycles. The minimum Gasteiger partial charge on any atom is -0.508 e.